The molecule has 0 radical (unpaired) electrons. The molecule has 0 aliphatic carbocycles. The van der Waals surface area contributed by atoms with Gasteiger partial charge in [0.05, 0.1) is 25.6 Å². The SMILES string of the molecule is CCC(=O)Nc1c(-c2ccc(Nc3cccc(OC)c3OC)cc2)c(C)nn1C. The van der Waals surface area contributed by atoms with Crippen molar-refractivity contribution in [3.8, 4) is 22.6 Å². The molecular weight excluding hydrogens is 368 g/mol. The highest BCUT2D eigenvalue weighted by molar-refractivity contribution is 5.94. The van der Waals surface area contributed by atoms with Gasteiger partial charge in [-0.25, -0.2) is 0 Å². The molecule has 2 aromatic carbocycles. The lowest BCUT2D eigenvalue weighted by Crippen LogP contribution is -2.13. The second-order valence-electron chi connectivity index (χ2n) is 6.58. The zero-order valence-electron chi connectivity index (χ0n) is 17.4. The Morgan fingerprint density at radius 3 is 2.45 bits per heavy atom. The number of nitrogens with one attached hydrogen (secondary N) is 2. The van der Waals surface area contributed by atoms with Crippen LogP contribution in [0.2, 0.25) is 0 Å². The van der Waals surface area contributed by atoms with Crippen molar-refractivity contribution in [2.75, 3.05) is 24.9 Å². The molecule has 29 heavy (non-hydrogen) atoms. The second kappa shape index (κ2) is 8.68. The Morgan fingerprint density at radius 2 is 1.83 bits per heavy atom. The van der Waals surface area contributed by atoms with E-state index in [9.17, 15) is 4.79 Å². The van der Waals surface area contributed by atoms with Crippen LogP contribution < -0.4 is 20.1 Å². The van der Waals surface area contributed by atoms with Gasteiger partial charge in [0.1, 0.15) is 5.82 Å². The fourth-order valence-electron chi connectivity index (χ4n) is 3.23. The van der Waals surface area contributed by atoms with Gasteiger partial charge in [-0.1, -0.05) is 25.1 Å². The maximum absolute atomic E-state index is 11.9. The van der Waals surface area contributed by atoms with E-state index in [0.29, 0.717) is 23.7 Å². The van der Waals surface area contributed by atoms with E-state index in [1.807, 2.05) is 63.4 Å². The quantitative estimate of drug-likeness (QED) is 0.617. The van der Waals surface area contributed by atoms with E-state index >= 15 is 0 Å². The summed E-state index contributed by atoms with van der Waals surface area (Å²) in [4.78, 5) is 11.9. The number of hydrogen-bond donors (Lipinski definition) is 2. The average molecular weight is 394 g/mol. The number of aryl methyl sites for hydroxylation is 2. The fourth-order valence-corrected chi connectivity index (χ4v) is 3.23. The summed E-state index contributed by atoms with van der Waals surface area (Å²) in [6, 6.07) is 13.6. The summed E-state index contributed by atoms with van der Waals surface area (Å²) in [5.41, 5.74) is 4.47. The highest BCUT2D eigenvalue weighted by atomic mass is 16.5. The normalized spacial score (nSPS) is 10.5. The minimum absolute atomic E-state index is 0.0438. The largest absolute Gasteiger partial charge is 0.493 e. The monoisotopic (exact) mass is 394 g/mol. The molecule has 0 fully saturated rings. The lowest BCUT2D eigenvalue weighted by Gasteiger charge is -2.14. The number of aromatic nitrogens is 2. The number of nitrogens with zero attached hydrogens (tertiary/aromatic N) is 2. The zero-order valence-corrected chi connectivity index (χ0v) is 17.4. The van der Waals surface area contributed by atoms with Crippen molar-refractivity contribution in [1.82, 2.24) is 9.78 Å². The van der Waals surface area contributed by atoms with Crippen molar-refractivity contribution >= 4 is 23.1 Å². The number of amides is 1. The molecule has 0 aliphatic heterocycles. The van der Waals surface area contributed by atoms with Crippen molar-refractivity contribution in [1.29, 1.82) is 0 Å². The van der Waals surface area contributed by atoms with Gasteiger partial charge in [0.25, 0.3) is 0 Å². The third-order valence-electron chi connectivity index (χ3n) is 4.66. The second-order valence-corrected chi connectivity index (χ2v) is 6.58. The smallest absolute Gasteiger partial charge is 0.225 e. The molecule has 7 heteroatoms. The van der Waals surface area contributed by atoms with Gasteiger partial charge < -0.3 is 20.1 Å². The first-order valence-electron chi connectivity index (χ1n) is 9.40. The molecule has 0 atom stereocenters. The van der Waals surface area contributed by atoms with Crippen molar-refractivity contribution in [2.45, 2.75) is 20.3 Å². The van der Waals surface area contributed by atoms with E-state index in [1.54, 1.807) is 18.9 Å². The maximum atomic E-state index is 11.9. The Kier molecular flexibility index (Phi) is 6.07. The highest BCUT2D eigenvalue weighted by Crippen LogP contribution is 2.37. The van der Waals surface area contributed by atoms with Crippen molar-refractivity contribution in [3.63, 3.8) is 0 Å². The third kappa shape index (κ3) is 4.18. The first kappa shape index (κ1) is 20.3. The van der Waals surface area contributed by atoms with Crippen LogP contribution in [0.25, 0.3) is 11.1 Å². The van der Waals surface area contributed by atoms with Crippen LogP contribution >= 0.6 is 0 Å². The molecule has 0 saturated carbocycles. The molecular formula is C22H26N4O3. The molecule has 0 aliphatic rings. The molecule has 2 N–H and O–H groups in total. The Bertz CT molecular complexity index is 1010. The van der Waals surface area contributed by atoms with Crippen LogP contribution in [-0.4, -0.2) is 29.9 Å². The van der Waals surface area contributed by atoms with E-state index < -0.39 is 0 Å². The summed E-state index contributed by atoms with van der Waals surface area (Å²) in [7, 11) is 5.05. The number of methoxy groups -OCH3 is 2. The minimum atomic E-state index is -0.0438. The predicted octanol–water partition coefficient (Wildman–Crippen LogP) is 4.50. The molecule has 0 unspecified atom stereocenters. The molecule has 0 bridgehead atoms. The van der Waals surface area contributed by atoms with Crippen molar-refractivity contribution in [3.05, 3.63) is 48.2 Å². The Balaban J connectivity index is 1.90. The van der Waals surface area contributed by atoms with Gasteiger partial charge in [-0.3, -0.25) is 9.48 Å². The first-order valence-corrected chi connectivity index (χ1v) is 9.40. The van der Waals surface area contributed by atoms with Crippen LogP contribution in [0, 0.1) is 6.92 Å². The lowest BCUT2D eigenvalue weighted by molar-refractivity contribution is -0.115. The first-order chi connectivity index (χ1) is 14.0. The van der Waals surface area contributed by atoms with Gasteiger partial charge in [-0.05, 0) is 36.8 Å². The summed E-state index contributed by atoms with van der Waals surface area (Å²) in [5, 5.41) is 10.8. The fraction of sp³-hybridized carbons (Fsp3) is 0.273. The summed E-state index contributed by atoms with van der Waals surface area (Å²) in [6.07, 6.45) is 0.412. The molecule has 1 amide bonds. The molecule has 7 nitrogen and oxygen atoms in total. The summed E-state index contributed by atoms with van der Waals surface area (Å²) < 4.78 is 12.5. The number of carbonyl (C=O) groups excluding carboxylic acids is 1. The summed E-state index contributed by atoms with van der Waals surface area (Å²) in [6.45, 7) is 3.76. The molecule has 1 heterocycles. The zero-order chi connectivity index (χ0) is 21.0. The molecule has 3 aromatic rings. The van der Waals surface area contributed by atoms with E-state index in [0.717, 1.165) is 28.2 Å². The predicted molar refractivity (Wildman–Crippen MR) is 115 cm³/mol. The Labute approximate surface area is 170 Å². The molecule has 0 spiro atoms. The summed E-state index contributed by atoms with van der Waals surface area (Å²) >= 11 is 0. The lowest BCUT2D eigenvalue weighted by atomic mass is 10.0. The van der Waals surface area contributed by atoms with Gasteiger partial charge in [0, 0.05) is 24.7 Å². The average Bonchev–Trinajstić information content (AvgIpc) is 3.01. The van der Waals surface area contributed by atoms with Crippen LogP contribution in [-0.2, 0) is 11.8 Å². The Morgan fingerprint density at radius 1 is 1.10 bits per heavy atom. The van der Waals surface area contributed by atoms with Crippen LogP contribution in [0.4, 0.5) is 17.2 Å². The van der Waals surface area contributed by atoms with Crippen molar-refractivity contribution in [2.24, 2.45) is 7.05 Å². The van der Waals surface area contributed by atoms with Gasteiger partial charge in [-0.15, -0.1) is 0 Å². The molecule has 152 valence electrons. The minimum Gasteiger partial charge on any atom is -0.493 e. The number of benzene rings is 2. The summed E-state index contributed by atoms with van der Waals surface area (Å²) in [5.74, 6) is 1.96. The van der Waals surface area contributed by atoms with Crippen LogP contribution in [0.15, 0.2) is 42.5 Å². The maximum Gasteiger partial charge on any atom is 0.225 e. The standard InChI is InChI=1S/C22H26N4O3/c1-6-19(27)24-22-20(14(2)25-26(22)3)15-10-12-16(13-11-15)23-17-8-7-9-18(28-4)21(17)29-5/h7-13,23H,6H2,1-5H3,(H,24,27). The van der Waals surface area contributed by atoms with Gasteiger partial charge in [-0.2, -0.15) is 5.10 Å². The number of hydrogen-bond acceptors (Lipinski definition) is 5. The van der Waals surface area contributed by atoms with Gasteiger partial charge >= 0.3 is 0 Å². The van der Waals surface area contributed by atoms with Crippen LogP contribution in [0.5, 0.6) is 11.5 Å². The highest BCUT2D eigenvalue weighted by Gasteiger charge is 2.17. The number of para-hydroxylation sites is 1. The number of anilines is 3. The van der Waals surface area contributed by atoms with Gasteiger partial charge in [0.2, 0.25) is 5.91 Å². The Hall–Kier alpha value is -3.48. The number of carbonyl (C=O) groups is 1. The third-order valence-corrected chi connectivity index (χ3v) is 4.66. The van der Waals surface area contributed by atoms with Crippen molar-refractivity contribution < 1.29 is 14.3 Å². The van der Waals surface area contributed by atoms with E-state index in [2.05, 4.69) is 15.7 Å². The van der Waals surface area contributed by atoms with E-state index in [-0.39, 0.29) is 5.91 Å². The van der Waals surface area contributed by atoms with Crippen LogP contribution in [0.1, 0.15) is 19.0 Å². The van der Waals surface area contributed by atoms with Crippen LogP contribution in [0.3, 0.4) is 0 Å². The van der Waals surface area contributed by atoms with E-state index in [4.69, 9.17) is 9.47 Å². The number of ether oxygens (including phenoxy) is 2. The molecule has 3 rings (SSSR count). The molecule has 1 aromatic heterocycles. The number of rotatable bonds is 7. The van der Waals surface area contributed by atoms with Gasteiger partial charge in [0.15, 0.2) is 11.5 Å². The topological polar surface area (TPSA) is 77.4 Å². The molecule has 0 saturated heterocycles. The van der Waals surface area contributed by atoms with E-state index in [1.165, 1.54) is 0 Å².